The van der Waals surface area contributed by atoms with Crippen LogP contribution in [-0.2, 0) is 21.3 Å². The van der Waals surface area contributed by atoms with E-state index in [9.17, 15) is 8.42 Å². The number of sulfonamides is 1. The summed E-state index contributed by atoms with van der Waals surface area (Å²) < 4.78 is 33.7. The molecule has 2 heterocycles. The van der Waals surface area contributed by atoms with Crippen LogP contribution in [-0.4, -0.2) is 37.0 Å². The zero-order chi connectivity index (χ0) is 18.6. The quantitative estimate of drug-likeness (QED) is 0.743. The molecule has 5 nitrogen and oxygen atoms in total. The van der Waals surface area contributed by atoms with Crippen molar-refractivity contribution in [3.63, 3.8) is 0 Å². The summed E-state index contributed by atoms with van der Waals surface area (Å²) in [7, 11) is -3.62. The molecule has 1 aromatic heterocycles. The van der Waals surface area contributed by atoms with Crippen molar-refractivity contribution in [1.82, 2.24) is 9.29 Å². The minimum atomic E-state index is -3.62. The zero-order valence-corrected chi connectivity index (χ0v) is 16.2. The summed E-state index contributed by atoms with van der Waals surface area (Å²) in [6.45, 7) is 5.48. The molecule has 0 radical (unpaired) electrons. The van der Waals surface area contributed by atoms with Crippen LogP contribution in [0.3, 0.4) is 0 Å². The maximum atomic E-state index is 13.2. The lowest BCUT2D eigenvalue weighted by atomic mass is 10.0. The van der Waals surface area contributed by atoms with Crippen LogP contribution in [0.15, 0.2) is 53.6 Å². The highest BCUT2D eigenvalue weighted by atomic mass is 32.2. The van der Waals surface area contributed by atoms with Crippen molar-refractivity contribution in [2.45, 2.75) is 50.2 Å². The van der Waals surface area contributed by atoms with E-state index in [-0.39, 0.29) is 12.6 Å². The molecule has 0 aliphatic carbocycles. The van der Waals surface area contributed by atoms with Crippen LogP contribution in [0.25, 0.3) is 0 Å². The second-order valence-corrected chi connectivity index (χ2v) is 8.92. The lowest BCUT2D eigenvalue weighted by Crippen LogP contribution is -2.37. The Bertz CT molecular complexity index is 799. The van der Waals surface area contributed by atoms with E-state index in [0.29, 0.717) is 24.0 Å². The highest BCUT2D eigenvalue weighted by Gasteiger charge is 2.29. The van der Waals surface area contributed by atoms with Gasteiger partial charge in [-0.25, -0.2) is 8.42 Å². The fraction of sp³-hybridized carbons (Fsp3) is 0.450. The first-order valence-electron chi connectivity index (χ1n) is 9.08. The first-order chi connectivity index (χ1) is 12.5. The van der Waals surface area contributed by atoms with Gasteiger partial charge in [0, 0.05) is 19.3 Å². The lowest BCUT2D eigenvalue weighted by Gasteiger charge is -2.24. The molecular formula is C20H26N2O3S. The SMILES string of the molecule is CC(C)c1ccc(S(=O)(=O)N(Cc2ccccn2)CC2CCCO2)cc1. The maximum Gasteiger partial charge on any atom is 0.243 e. The van der Waals surface area contributed by atoms with E-state index < -0.39 is 10.0 Å². The Morgan fingerprint density at radius 3 is 2.54 bits per heavy atom. The van der Waals surface area contributed by atoms with Crippen LogP contribution in [0.4, 0.5) is 0 Å². The second-order valence-electron chi connectivity index (χ2n) is 6.98. The molecule has 2 aromatic rings. The summed E-state index contributed by atoms with van der Waals surface area (Å²) in [6, 6.07) is 12.7. The second kappa shape index (κ2) is 8.29. The Labute approximate surface area is 156 Å². The smallest absolute Gasteiger partial charge is 0.243 e. The zero-order valence-electron chi connectivity index (χ0n) is 15.3. The fourth-order valence-electron chi connectivity index (χ4n) is 3.11. The summed E-state index contributed by atoms with van der Waals surface area (Å²) >= 11 is 0. The number of nitrogens with zero attached hydrogens (tertiary/aromatic N) is 2. The Morgan fingerprint density at radius 2 is 1.96 bits per heavy atom. The average Bonchev–Trinajstić information content (AvgIpc) is 3.15. The molecule has 0 saturated carbocycles. The Morgan fingerprint density at radius 1 is 1.19 bits per heavy atom. The summed E-state index contributed by atoms with van der Waals surface area (Å²) in [4.78, 5) is 4.61. The number of aromatic nitrogens is 1. The lowest BCUT2D eigenvalue weighted by molar-refractivity contribution is 0.0924. The van der Waals surface area contributed by atoms with Gasteiger partial charge in [0.25, 0.3) is 0 Å². The van der Waals surface area contributed by atoms with Gasteiger partial charge in [0.1, 0.15) is 0 Å². The molecule has 0 N–H and O–H groups in total. The predicted octanol–water partition coefficient (Wildman–Crippen LogP) is 3.57. The van der Waals surface area contributed by atoms with E-state index >= 15 is 0 Å². The third-order valence-electron chi connectivity index (χ3n) is 4.68. The van der Waals surface area contributed by atoms with Crippen molar-refractivity contribution in [3.05, 3.63) is 59.9 Å². The van der Waals surface area contributed by atoms with Crippen LogP contribution < -0.4 is 0 Å². The van der Waals surface area contributed by atoms with E-state index in [1.165, 1.54) is 4.31 Å². The van der Waals surface area contributed by atoms with Crippen LogP contribution in [0.1, 0.15) is 43.9 Å². The minimum Gasteiger partial charge on any atom is -0.377 e. The van der Waals surface area contributed by atoms with Gasteiger partial charge < -0.3 is 4.74 Å². The van der Waals surface area contributed by atoms with Crippen molar-refractivity contribution in [3.8, 4) is 0 Å². The highest BCUT2D eigenvalue weighted by molar-refractivity contribution is 7.89. The van der Waals surface area contributed by atoms with Gasteiger partial charge in [0.15, 0.2) is 0 Å². The summed E-state index contributed by atoms with van der Waals surface area (Å²) in [5.74, 6) is 0.364. The molecular weight excluding hydrogens is 348 g/mol. The Balaban J connectivity index is 1.87. The molecule has 26 heavy (non-hydrogen) atoms. The van der Waals surface area contributed by atoms with E-state index in [1.54, 1.807) is 18.3 Å². The number of ether oxygens (including phenoxy) is 1. The van der Waals surface area contributed by atoms with Gasteiger partial charge in [-0.05, 0) is 48.6 Å². The summed E-state index contributed by atoms with van der Waals surface area (Å²) in [5.41, 5.74) is 1.85. The van der Waals surface area contributed by atoms with E-state index in [2.05, 4.69) is 18.8 Å². The van der Waals surface area contributed by atoms with Crippen molar-refractivity contribution in [2.75, 3.05) is 13.2 Å². The topological polar surface area (TPSA) is 59.5 Å². The largest absolute Gasteiger partial charge is 0.377 e. The third-order valence-corrected chi connectivity index (χ3v) is 6.51. The first kappa shape index (κ1) is 19.0. The molecule has 1 unspecified atom stereocenters. The number of pyridine rings is 1. The number of rotatable bonds is 7. The van der Waals surface area contributed by atoms with E-state index in [1.807, 2.05) is 30.3 Å². The molecule has 0 spiro atoms. The number of hydrogen-bond donors (Lipinski definition) is 0. The summed E-state index contributed by atoms with van der Waals surface area (Å²) in [5, 5.41) is 0. The first-order valence-corrected chi connectivity index (χ1v) is 10.5. The molecule has 3 rings (SSSR count). The minimum absolute atomic E-state index is 0.0524. The van der Waals surface area contributed by atoms with Gasteiger partial charge in [0.2, 0.25) is 10.0 Å². The van der Waals surface area contributed by atoms with Gasteiger partial charge in [0.05, 0.1) is 23.2 Å². The standard InChI is InChI=1S/C20H26N2O3S/c1-16(2)17-8-10-20(11-9-17)26(23,24)22(15-19-7-5-13-25-19)14-18-6-3-4-12-21-18/h3-4,6,8-12,16,19H,5,7,13-15H2,1-2H3. The number of benzene rings is 1. The van der Waals surface area contributed by atoms with Gasteiger partial charge in [-0.15, -0.1) is 0 Å². The van der Waals surface area contributed by atoms with Crippen LogP contribution >= 0.6 is 0 Å². The van der Waals surface area contributed by atoms with Gasteiger partial charge >= 0.3 is 0 Å². The van der Waals surface area contributed by atoms with Crippen molar-refractivity contribution in [1.29, 1.82) is 0 Å². The molecule has 1 fully saturated rings. The molecule has 1 aliphatic heterocycles. The average molecular weight is 375 g/mol. The molecule has 140 valence electrons. The Hall–Kier alpha value is -1.76. The van der Waals surface area contributed by atoms with Crippen molar-refractivity contribution in [2.24, 2.45) is 0 Å². The molecule has 1 atom stereocenters. The molecule has 6 heteroatoms. The molecule has 1 aliphatic rings. The number of hydrogen-bond acceptors (Lipinski definition) is 4. The van der Waals surface area contributed by atoms with E-state index in [0.717, 1.165) is 24.1 Å². The van der Waals surface area contributed by atoms with E-state index in [4.69, 9.17) is 4.74 Å². The van der Waals surface area contributed by atoms with Crippen molar-refractivity contribution < 1.29 is 13.2 Å². The third kappa shape index (κ3) is 4.50. The van der Waals surface area contributed by atoms with Crippen LogP contribution in [0.5, 0.6) is 0 Å². The Kier molecular flexibility index (Phi) is 6.06. The highest BCUT2D eigenvalue weighted by Crippen LogP contribution is 2.23. The molecule has 0 bridgehead atoms. The maximum absolute atomic E-state index is 13.2. The monoisotopic (exact) mass is 374 g/mol. The normalized spacial score (nSPS) is 17.9. The predicted molar refractivity (Wildman–Crippen MR) is 101 cm³/mol. The van der Waals surface area contributed by atoms with Gasteiger partial charge in [-0.2, -0.15) is 4.31 Å². The molecule has 1 aromatic carbocycles. The van der Waals surface area contributed by atoms with Gasteiger partial charge in [-0.3, -0.25) is 4.98 Å². The molecule has 0 amide bonds. The van der Waals surface area contributed by atoms with Gasteiger partial charge in [-0.1, -0.05) is 32.0 Å². The summed E-state index contributed by atoms with van der Waals surface area (Å²) in [6.07, 6.45) is 3.50. The van der Waals surface area contributed by atoms with Crippen molar-refractivity contribution >= 4 is 10.0 Å². The van der Waals surface area contributed by atoms with Crippen LogP contribution in [0.2, 0.25) is 0 Å². The molecule has 1 saturated heterocycles. The fourth-order valence-corrected chi connectivity index (χ4v) is 4.55. The van der Waals surface area contributed by atoms with Crippen LogP contribution in [0, 0.1) is 0 Å².